The van der Waals surface area contributed by atoms with Crippen LogP contribution in [0.25, 0.3) is 21.9 Å². The van der Waals surface area contributed by atoms with Crippen molar-refractivity contribution in [1.82, 2.24) is 15.4 Å². The van der Waals surface area contributed by atoms with Crippen molar-refractivity contribution in [3.05, 3.63) is 59.9 Å². The fourth-order valence-electron chi connectivity index (χ4n) is 4.83. The molecular weight excluding hydrogens is 390 g/mol. The SMILES string of the molecule is CONC(=O)N1CCC2(CCc3cc(-c4ccc5c(C)nccc5c4)ccc3O2)CC1. The van der Waals surface area contributed by atoms with Crippen LogP contribution in [0.2, 0.25) is 0 Å². The van der Waals surface area contributed by atoms with Gasteiger partial charge in [0.25, 0.3) is 0 Å². The normalized spacial score (nSPS) is 17.3. The number of ether oxygens (including phenoxy) is 1. The molecule has 2 aromatic carbocycles. The third kappa shape index (κ3) is 3.72. The smallest absolute Gasteiger partial charge is 0.341 e. The van der Waals surface area contributed by atoms with Gasteiger partial charge in [-0.2, -0.15) is 0 Å². The number of benzene rings is 2. The van der Waals surface area contributed by atoms with E-state index < -0.39 is 0 Å². The van der Waals surface area contributed by atoms with Crippen LogP contribution in [0.4, 0.5) is 4.79 Å². The van der Waals surface area contributed by atoms with Crippen molar-refractivity contribution in [1.29, 1.82) is 0 Å². The Kier molecular flexibility index (Phi) is 5.02. The van der Waals surface area contributed by atoms with Gasteiger partial charge in [0.15, 0.2) is 0 Å². The molecule has 31 heavy (non-hydrogen) atoms. The van der Waals surface area contributed by atoms with Crippen LogP contribution in [0, 0.1) is 6.92 Å². The van der Waals surface area contributed by atoms with E-state index in [1.807, 2.05) is 13.1 Å². The number of hydroxylamine groups is 1. The first-order chi connectivity index (χ1) is 15.1. The summed E-state index contributed by atoms with van der Waals surface area (Å²) in [5.41, 5.74) is 6.95. The monoisotopic (exact) mass is 417 g/mol. The van der Waals surface area contributed by atoms with E-state index in [1.165, 1.54) is 34.6 Å². The maximum absolute atomic E-state index is 12.0. The van der Waals surface area contributed by atoms with Crippen LogP contribution in [-0.4, -0.2) is 41.7 Å². The topological polar surface area (TPSA) is 63.7 Å². The highest BCUT2D eigenvalue weighted by Crippen LogP contribution is 2.41. The zero-order valence-electron chi connectivity index (χ0n) is 18.0. The highest BCUT2D eigenvalue weighted by atomic mass is 16.6. The number of aryl methyl sites for hydroxylation is 2. The predicted octanol–water partition coefficient (Wildman–Crippen LogP) is 4.64. The predicted molar refractivity (Wildman–Crippen MR) is 120 cm³/mol. The Bertz CT molecular complexity index is 1140. The first-order valence-corrected chi connectivity index (χ1v) is 10.8. The number of likely N-dealkylation sites (tertiary alicyclic amines) is 1. The maximum Gasteiger partial charge on any atom is 0.341 e. The average molecular weight is 418 g/mol. The summed E-state index contributed by atoms with van der Waals surface area (Å²) in [7, 11) is 1.45. The minimum absolute atomic E-state index is 0.175. The van der Waals surface area contributed by atoms with E-state index >= 15 is 0 Å². The third-order valence-electron chi connectivity index (χ3n) is 6.69. The Morgan fingerprint density at radius 2 is 1.87 bits per heavy atom. The van der Waals surface area contributed by atoms with Gasteiger partial charge in [-0.15, -0.1) is 0 Å². The summed E-state index contributed by atoms with van der Waals surface area (Å²) >= 11 is 0. The number of nitrogens with one attached hydrogen (secondary N) is 1. The number of amides is 2. The van der Waals surface area contributed by atoms with E-state index in [1.54, 1.807) is 4.90 Å². The Morgan fingerprint density at radius 3 is 2.68 bits per heavy atom. The highest BCUT2D eigenvalue weighted by molar-refractivity contribution is 5.88. The lowest BCUT2D eigenvalue weighted by Crippen LogP contribution is -2.53. The number of rotatable bonds is 2. The molecule has 3 heterocycles. The van der Waals surface area contributed by atoms with Crippen molar-refractivity contribution >= 4 is 16.8 Å². The van der Waals surface area contributed by atoms with Gasteiger partial charge in [-0.1, -0.05) is 18.2 Å². The molecule has 1 saturated heterocycles. The lowest BCUT2D eigenvalue weighted by atomic mass is 9.82. The summed E-state index contributed by atoms with van der Waals surface area (Å²) in [5, 5.41) is 2.40. The number of piperidine rings is 1. The second-order valence-corrected chi connectivity index (χ2v) is 8.54. The summed E-state index contributed by atoms with van der Waals surface area (Å²) in [6.07, 6.45) is 5.51. The van der Waals surface area contributed by atoms with Crippen LogP contribution >= 0.6 is 0 Å². The Morgan fingerprint density at radius 1 is 1.10 bits per heavy atom. The molecule has 0 bridgehead atoms. The van der Waals surface area contributed by atoms with E-state index in [2.05, 4.69) is 52.9 Å². The summed E-state index contributed by atoms with van der Waals surface area (Å²) in [6.45, 7) is 3.39. The molecule has 2 aliphatic heterocycles. The van der Waals surface area contributed by atoms with E-state index in [-0.39, 0.29) is 11.6 Å². The van der Waals surface area contributed by atoms with Crippen molar-refractivity contribution in [2.24, 2.45) is 0 Å². The Labute approximate surface area is 182 Å². The number of fused-ring (bicyclic) bond motifs is 2. The van der Waals surface area contributed by atoms with Crippen LogP contribution in [0.15, 0.2) is 48.7 Å². The number of carbonyl (C=O) groups excluding carboxylic acids is 1. The number of carbonyl (C=O) groups is 1. The summed E-state index contributed by atoms with van der Waals surface area (Å²) in [5.74, 6) is 0.977. The van der Waals surface area contributed by atoms with Gasteiger partial charge >= 0.3 is 6.03 Å². The highest BCUT2D eigenvalue weighted by Gasteiger charge is 2.40. The molecule has 5 rings (SSSR count). The molecule has 2 amide bonds. The molecular formula is C25H27N3O3. The van der Waals surface area contributed by atoms with Crippen LogP contribution in [-0.2, 0) is 11.3 Å². The standard InChI is InChI=1S/C25H27N3O3/c1-17-22-5-3-18(15-20(22)8-12-26-17)19-4-6-23-21(16-19)7-9-25(31-23)10-13-28(14-11-25)24(29)27-30-2/h3-6,8,12,15-16H,7,9-11,13-14H2,1-2H3,(H,27,29). The van der Waals surface area contributed by atoms with Gasteiger partial charge in [0.05, 0.1) is 7.11 Å². The minimum atomic E-state index is -0.181. The number of pyridine rings is 1. The first kappa shape index (κ1) is 19.8. The summed E-state index contributed by atoms with van der Waals surface area (Å²) < 4.78 is 6.53. The van der Waals surface area contributed by atoms with Gasteiger partial charge in [0.2, 0.25) is 0 Å². The molecule has 6 nitrogen and oxygen atoms in total. The van der Waals surface area contributed by atoms with Crippen LogP contribution in [0.5, 0.6) is 5.75 Å². The van der Waals surface area contributed by atoms with Gasteiger partial charge in [-0.05, 0) is 66.1 Å². The van der Waals surface area contributed by atoms with Crippen molar-refractivity contribution in [2.45, 2.75) is 38.2 Å². The number of urea groups is 1. The first-order valence-electron chi connectivity index (χ1n) is 10.8. The zero-order chi connectivity index (χ0) is 21.4. The molecule has 0 radical (unpaired) electrons. The second kappa shape index (κ2) is 7.85. The lowest BCUT2D eigenvalue weighted by Gasteiger charge is -2.44. The van der Waals surface area contributed by atoms with Crippen molar-refractivity contribution in [2.75, 3.05) is 20.2 Å². The molecule has 0 saturated carbocycles. The fourth-order valence-corrected chi connectivity index (χ4v) is 4.83. The maximum atomic E-state index is 12.0. The largest absolute Gasteiger partial charge is 0.487 e. The third-order valence-corrected chi connectivity index (χ3v) is 6.69. The van der Waals surface area contributed by atoms with Crippen molar-refractivity contribution in [3.63, 3.8) is 0 Å². The van der Waals surface area contributed by atoms with Gasteiger partial charge in [-0.25, -0.2) is 10.3 Å². The number of aromatic nitrogens is 1. The molecule has 1 spiro atoms. The van der Waals surface area contributed by atoms with E-state index in [0.29, 0.717) is 13.1 Å². The zero-order valence-corrected chi connectivity index (χ0v) is 18.0. The molecule has 1 aromatic heterocycles. The van der Waals surface area contributed by atoms with Gasteiger partial charge in [0.1, 0.15) is 11.4 Å². The Hall–Kier alpha value is -3.12. The molecule has 0 atom stereocenters. The molecule has 0 unspecified atom stereocenters. The number of hydrogen-bond acceptors (Lipinski definition) is 4. The average Bonchev–Trinajstić information content (AvgIpc) is 2.79. The molecule has 160 valence electrons. The summed E-state index contributed by atoms with van der Waals surface area (Å²) in [6, 6.07) is 15.0. The number of hydrogen-bond donors (Lipinski definition) is 1. The van der Waals surface area contributed by atoms with Gasteiger partial charge in [-0.3, -0.25) is 9.82 Å². The number of nitrogens with zero attached hydrogens (tertiary/aromatic N) is 2. The van der Waals surface area contributed by atoms with Gasteiger partial charge < -0.3 is 9.64 Å². The van der Waals surface area contributed by atoms with Crippen LogP contribution in [0.3, 0.4) is 0 Å². The molecule has 2 aliphatic rings. The van der Waals surface area contributed by atoms with E-state index in [0.717, 1.165) is 37.1 Å². The van der Waals surface area contributed by atoms with Crippen LogP contribution < -0.4 is 10.2 Å². The minimum Gasteiger partial charge on any atom is -0.487 e. The van der Waals surface area contributed by atoms with E-state index in [4.69, 9.17) is 9.57 Å². The summed E-state index contributed by atoms with van der Waals surface area (Å²) in [4.78, 5) is 22.9. The molecule has 3 aromatic rings. The fraction of sp³-hybridized carbons (Fsp3) is 0.360. The Balaban J connectivity index is 1.34. The quantitative estimate of drug-likeness (QED) is 0.617. The van der Waals surface area contributed by atoms with Gasteiger partial charge in [0, 0.05) is 43.2 Å². The van der Waals surface area contributed by atoms with Crippen molar-refractivity contribution in [3.8, 4) is 16.9 Å². The molecule has 0 aliphatic carbocycles. The second-order valence-electron chi connectivity index (χ2n) is 8.54. The molecule has 1 N–H and O–H groups in total. The molecule has 1 fully saturated rings. The van der Waals surface area contributed by atoms with Crippen LogP contribution in [0.1, 0.15) is 30.5 Å². The molecule has 6 heteroatoms. The van der Waals surface area contributed by atoms with E-state index in [9.17, 15) is 4.79 Å². The van der Waals surface area contributed by atoms with Crippen molar-refractivity contribution < 1.29 is 14.4 Å². The lowest BCUT2D eigenvalue weighted by molar-refractivity contribution is -0.0107.